The Balaban J connectivity index is 2.19. The van der Waals surface area contributed by atoms with Crippen molar-refractivity contribution in [3.05, 3.63) is 29.8 Å². The lowest BCUT2D eigenvalue weighted by atomic mass is 9.92. The van der Waals surface area contributed by atoms with E-state index in [0.29, 0.717) is 6.54 Å². The highest BCUT2D eigenvalue weighted by atomic mass is 16.6. The molecule has 0 unspecified atom stereocenters. The van der Waals surface area contributed by atoms with Gasteiger partial charge in [-0.3, -0.25) is 4.90 Å². The van der Waals surface area contributed by atoms with E-state index in [2.05, 4.69) is 6.07 Å². The van der Waals surface area contributed by atoms with E-state index < -0.39 is 17.7 Å². The Bertz CT molecular complexity index is 586. The van der Waals surface area contributed by atoms with Gasteiger partial charge >= 0.3 is 6.09 Å². The Labute approximate surface area is 131 Å². The first-order chi connectivity index (χ1) is 10.4. The van der Waals surface area contributed by atoms with Crippen LogP contribution in [0.15, 0.2) is 24.3 Å². The maximum atomic E-state index is 12.3. The van der Waals surface area contributed by atoms with Crippen molar-refractivity contribution in [1.82, 2.24) is 4.90 Å². The zero-order valence-electron chi connectivity index (χ0n) is 13.5. The monoisotopic (exact) mass is 302 g/mol. The number of ether oxygens (including phenoxy) is 2. The molecular weight excluding hydrogens is 280 g/mol. The van der Waals surface area contributed by atoms with Crippen LogP contribution in [-0.4, -0.2) is 36.3 Å². The predicted octanol–water partition coefficient (Wildman–Crippen LogP) is 3.31. The first kappa shape index (κ1) is 16.2. The van der Waals surface area contributed by atoms with Gasteiger partial charge in [-0.25, -0.2) is 4.79 Å². The quantitative estimate of drug-likeness (QED) is 0.840. The van der Waals surface area contributed by atoms with Gasteiger partial charge in [-0.05, 0) is 44.9 Å². The Morgan fingerprint density at radius 2 is 2.14 bits per heavy atom. The highest BCUT2D eigenvalue weighted by Gasteiger charge is 2.40. The van der Waals surface area contributed by atoms with Crippen LogP contribution in [0.3, 0.4) is 0 Å². The van der Waals surface area contributed by atoms with Crippen LogP contribution >= 0.6 is 0 Å². The van der Waals surface area contributed by atoms with Crippen LogP contribution in [0.4, 0.5) is 4.79 Å². The molecule has 1 aromatic rings. The summed E-state index contributed by atoms with van der Waals surface area (Å²) in [5.41, 5.74) is 0.447. The van der Waals surface area contributed by atoms with Gasteiger partial charge in [-0.2, -0.15) is 5.26 Å². The average molecular weight is 302 g/mol. The van der Waals surface area contributed by atoms with E-state index in [9.17, 15) is 10.1 Å². The SMILES string of the molecule is COc1cccc([C@@H]2CCN(C(=O)OC(C)(C)C)[C@@H]2C#N)c1. The molecule has 2 atom stereocenters. The van der Waals surface area contributed by atoms with E-state index in [1.807, 2.05) is 45.0 Å². The molecule has 5 heteroatoms. The minimum atomic E-state index is -0.564. The molecule has 22 heavy (non-hydrogen) atoms. The lowest BCUT2D eigenvalue weighted by Gasteiger charge is -2.27. The number of nitrogens with zero attached hydrogens (tertiary/aromatic N) is 2. The van der Waals surface area contributed by atoms with Crippen molar-refractivity contribution in [2.75, 3.05) is 13.7 Å². The van der Waals surface area contributed by atoms with Crippen LogP contribution in [-0.2, 0) is 4.74 Å². The molecule has 0 bridgehead atoms. The topological polar surface area (TPSA) is 62.6 Å². The van der Waals surface area contributed by atoms with Crippen LogP contribution in [0.5, 0.6) is 5.75 Å². The molecule has 0 saturated carbocycles. The lowest BCUT2D eigenvalue weighted by molar-refractivity contribution is 0.0255. The number of carbonyl (C=O) groups is 1. The number of likely N-dealkylation sites (tertiary alicyclic amines) is 1. The molecule has 1 aliphatic heterocycles. The summed E-state index contributed by atoms with van der Waals surface area (Å²) in [7, 11) is 1.61. The fourth-order valence-corrected chi connectivity index (χ4v) is 2.70. The molecule has 1 aliphatic rings. The molecule has 1 aromatic carbocycles. The zero-order valence-corrected chi connectivity index (χ0v) is 13.5. The molecule has 0 aromatic heterocycles. The second kappa shape index (κ2) is 6.27. The lowest BCUT2D eigenvalue weighted by Crippen LogP contribution is -2.40. The minimum Gasteiger partial charge on any atom is -0.497 e. The van der Waals surface area contributed by atoms with Crippen LogP contribution in [0, 0.1) is 11.3 Å². The number of hydrogen-bond donors (Lipinski definition) is 0. The molecular formula is C17H22N2O3. The second-order valence-corrected chi connectivity index (χ2v) is 6.42. The highest BCUT2D eigenvalue weighted by molar-refractivity contribution is 5.70. The van der Waals surface area contributed by atoms with E-state index in [-0.39, 0.29) is 5.92 Å². The first-order valence-corrected chi connectivity index (χ1v) is 7.39. The highest BCUT2D eigenvalue weighted by Crippen LogP contribution is 2.35. The van der Waals surface area contributed by atoms with E-state index in [1.165, 1.54) is 4.90 Å². The fourth-order valence-electron chi connectivity index (χ4n) is 2.70. The summed E-state index contributed by atoms with van der Waals surface area (Å²) < 4.78 is 10.6. The van der Waals surface area contributed by atoms with Crippen molar-refractivity contribution >= 4 is 6.09 Å². The van der Waals surface area contributed by atoms with Gasteiger partial charge in [0.1, 0.15) is 17.4 Å². The van der Waals surface area contributed by atoms with Crippen molar-refractivity contribution < 1.29 is 14.3 Å². The molecule has 1 fully saturated rings. The number of benzene rings is 1. The summed E-state index contributed by atoms with van der Waals surface area (Å²) in [5, 5.41) is 9.51. The Hall–Kier alpha value is -2.22. The van der Waals surface area contributed by atoms with Crippen LogP contribution < -0.4 is 4.74 Å². The van der Waals surface area contributed by atoms with Crippen molar-refractivity contribution in [3.63, 3.8) is 0 Å². The van der Waals surface area contributed by atoms with Crippen molar-refractivity contribution in [1.29, 1.82) is 5.26 Å². The smallest absolute Gasteiger partial charge is 0.411 e. The average Bonchev–Trinajstić information content (AvgIpc) is 2.89. The number of amides is 1. The second-order valence-electron chi connectivity index (χ2n) is 6.42. The number of carbonyl (C=O) groups excluding carboxylic acids is 1. The zero-order chi connectivity index (χ0) is 16.3. The summed E-state index contributed by atoms with van der Waals surface area (Å²) in [6.45, 7) is 5.99. The van der Waals surface area contributed by atoms with Crippen molar-refractivity contribution in [2.45, 2.75) is 44.8 Å². The first-order valence-electron chi connectivity index (χ1n) is 7.39. The summed E-state index contributed by atoms with van der Waals surface area (Å²) in [6, 6.07) is 9.40. The summed E-state index contributed by atoms with van der Waals surface area (Å²) in [5.74, 6) is 0.734. The molecule has 0 spiro atoms. The van der Waals surface area contributed by atoms with Crippen molar-refractivity contribution in [3.8, 4) is 11.8 Å². The standard InChI is InChI=1S/C17H22N2O3/c1-17(2,3)22-16(20)19-9-8-14(15(19)11-18)12-6-5-7-13(10-12)21-4/h5-7,10,14-15H,8-9H2,1-4H3/t14-,15+/m0/s1. The Morgan fingerprint density at radius 3 is 2.73 bits per heavy atom. The molecule has 118 valence electrons. The maximum Gasteiger partial charge on any atom is 0.411 e. The molecule has 0 aliphatic carbocycles. The van der Waals surface area contributed by atoms with Crippen LogP contribution in [0.25, 0.3) is 0 Å². The van der Waals surface area contributed by atoms with Crippen molar-refractivity contribution in [2.24, 2.45) is 0 Å². The van der Waals surface area contributed by atoms with Gasteiger partial charge in [0.25, 0.3) is 0 Å². The third-order valence-electron chi connectivity index (χ3n) is 3.68. The summed E-state index contributed by atoms with van der Waals surface area (Å²) in [6.07, 6.45) is 0.314. The predicted molar refractivity (Wildman–Crippen MR) is 82.7 cm³/mol. The van der Waals surface area contributed by atoms with Gasteiger partial charge in [0.05, 0.1) is 13.2 Å². The van der Waals surface area contributed by atoms with E-state index in [4.69, 9.17) is 9.47 Å². The van der Waals surface area contributed by atoms with Gasteiger partial charge in [0.2, 0.25) is 0 Å². The minimum absolute atomic E-state index is 0.0207. The van der Waals surface area contributed by atoms with Crippen LogP contribution in [0.1, 0.15) is 38.7 Å². The van der Waals surface area contributed by atoms with E-state index in [1.54, 1.807) is 7.11 Å². The molecule has 0 N–H and O–H groups in total. The van der Waals surface area contributed by atoms with Crippen LogP contribution in [0.2, 0.25) is 0 Å². The normalized spacial score (nSPS) is 21.3. The number of nitriles is 1. The Kier molecular flexibility index (Phi) is 4.60. The Morgan fingerprint density at radius 1 is 1.41 bits per heavy atom. The number of methoxy groups -OCH3 is 1. The van der Waals surface area contributed by atoms with Gasteiger partial charge < -0.3 is 9.47 Å². The maximum absolute atomic E-state index is 12.3. The number of hydrogen-bond acceptors (Lipinski definition) is 4. The summed E-state index contributed by atoms with van der Waals surface area (Å²) in [4.78, 5) is 13.8. The molecule has 2 rings (SSSR count). The fraction of sp³-hybridized carbons (Fsp3) is 0.529. The van der Waals surface area contributed by atoms with E-state index in [0.717, 1.165) is 17.7 Å². The largest absolute Gasteiger partial charge is 0.497 e. The molecule has 5 nitrogen and oxygen atoms in total. The van der Waals surface area contributed by atoms with Gasteiger partial charge in [0.15, 0.2) is 0 Å². The third kappa shape index (κ3) is 3.51. The molecule has 1 saturated heterocycles. The number of rotatable bonds is 2. The molecule has 1 heterocycles. The van der Waals surface area contributed by atoms with E-state index >= 15 is 0 Å². The molecule has 1 amide bonds. The van der Waals surface area contributed by atoms with Gasteiger partial charge in [-0.15, -0.1) is 0 Å². The van der Waals surface area contributed by atoms with Gasteiger partial charge in [0, 0.05) is 12.5 Å². The third-order valence-corrected chi connectivity index (χ3v) is 3.68. The molecule has 0 radical (unpaired) electrons. The summed E-state index contributed by atoms with van der Waals surface area (Å²) >= 11 is 0. The van der Waals surface area contributed by atoms with Gasteiger partial charge in [-0.1, -0.05) is 12.1 Å².